The van der Waals surface area contributed by atoms with E-state index in [4.69, 9.17) is 14.3 Å². The highest BCUT2D eigenvalue weighted by Gasteiger charge is 2.11. The van der Waals surface area contributed by atoms with Gasteiger partial charge >= 0.3 is 5.97 Å². The van der Waals surface area contributed by atoms with E-state index in [1.165, 1.54) is 36.3 Å². The van der Waals surface area contributed by atoms with Crippen molar-refractivity contribution in [2.24, 2.45) is 0 Å². The molecule has 20 heavy (non-hydrogen) atoms. The lowest BCUT2D eigenvalue weighted by Gasteiger charge is -2.16. The molecular weight excluding hydrogens is 256 g/mol. The molecule has 0 amide bonds. The van der Waals surface area contributed by atoms with Crippen molar-refractivity contribution in [1.29, 1.82) is 0 Å². The summed E-state index contributed by atoms with van der Waals surface area (Å²) < 4.78 is 10.8. The van der Waals surface area contributed by atoms with Crippen LogP contribution in [0.3, 0.4) is 0 Å². The van der Waals surface area contributed by atoms with E-state index >= 15 is 0 Å². The van der Waals surface area contributed by atoms with Crippen molar-refractivity contribution >= 4 is 5.97 Å². The number of furan rings is 1. The molecule has 0 bridgehead atoms. The van der Waals surface area contributed by atoms with E-state index < -0.39 is 5.97 Å². The van der Waals surface area contributed by atoms with Crippen LogP contribution in [0.5, 0.6) is 5.75 Å². The Kier molecular flexibility index (Phi) is 3.46. The van der Waals surface area contributed by atoms with Gasteiger partial charge in [-0.1, -0.05) is 6.07 Å². The van der Waals surface area contributed by atoms with Gasteiger partial charge in [-0.3, -0.25) is 0 Å². The summed E-state index contributed by atoms with van der Waals surface area (Å²) in [6.07, 6.45) is 5.98. The van der Waals surface area contributed by atoms with Crippen LogP contribution in [0.2, 0.25) is 0 Å². The highest BCUT2D eigenvalue weighted by molar-refractivity contribution is 5.87. The molecule has 2 aromatic rings. The van der Waals surface area contributed by atoms with Crippen LogP contribution in [-0.2, 0) is 19.4 Å². The van der Waals surface area contributed by atoms with E-state index in [0.29, 0.717) is 5.76 Å². The average Bonchev–Trinajstić information content (AvgIpc) is 2.94. The Labute approximate surface area is 117 Å². The Bertz CT molecular complexity index is 627. The highest BCUT2D eigenvalue weighted by atomic mass is 16.5. The number of carbonyl (C=O) groups is 1. The molecule has 3 rings (SSSR count). The second-order valence-electron chi connectivity index (χ2n) is 5.03. The zero-order chi connectivity index (χ0) is 13.9. The zero-order valence-corrected chi connectivity index (χ0v) is 11.1. The van der Waals surface area contributed by atoms with Gasteiger partial charge < -0.3 is 14.3 Å². The molecule has 0 spiro atoms. The van der Waals surface area contributed by atoms with E-state index in [0.717, 1.165) is 18.6 Å². The Balaban J connectivity index is 1.67. The van der Waals surface area contributed by atoms with Crippen molar-refractivity contribution in [3.63, 3.8) is 0 Å². The summed E-state index contributed by atoms with van der Waals surface area (Å²) in [6.45, 7) is 0.242. The summed E-state index contributed by atoms with van der Waals surface area (Å²) in [7, 11) is 0. The number of rotatable bonds is 4. The van der Waals surface area contributed by atoms with Crippen LogP contribution in [0, 0.1) is 0 Å². The molecule has 0 radical (unpaired) electrons. The minimum atomic E-state index is -0.992. The number of aryl methyl sites for hydroxylation is 2. The van der Waals surface area contributed by atoms with E-state index in [9.17, 15) is 4.79 Å². The first-order chi connectivity index (χ1) is 9.72. The number of hydrogen-bond donors (Lipinski definition) is 1. The second kappa shape index (κ2) is 5.41. The lowest BCUT2D eigenvalue weighted by atomic mass is 9.92. The molecule has 0 saturated carbocycles. The summed E-state index contributed by atoms with van der Waals surface area (Å²) in [4.78, 5) is 10.7. The maximum atomic E-state index is 10.7. The molecule has 4 heteroatoms. The number of carboxylic acid groups (broad SMARTS) is 1. The normalized spacial score (nSPS) is 13.8. The van der Waals surface area contributed by atoms with Gasteiger partial charge in [-0.2, -0.15) is 0 Å². The number of aromatic carboxylic acids is 1. The summed E-state index contributed by atoms with van der Waals surface area (Å²) >= 11 is 0. The molecular formula is C16H16O4. The van der Waals surface area contributed by atoms with Gasteiger partial charge in [-0.15, -0.1) is 0 Å². The van der Waals surface area contributed by atoms with Crippen LogP contribution >= 0.6 is 0 Å². The Morgan fingerprint density at radius 3 is 2.75 bits per heavy atom. The molecule has 0 unspecified atom stereocenters. The molecule has 1 aliphatic carbocycles. The van der Waals surface area contributed by atoms with Crippen molar-refractivity contribution < 1.29 is 19.1 Å². The van der Waals surface area contributed by atoms with Crippen LogP contribution in [0.25, 0.3) is 0 Å². The highest BCUT2D eigenvalue weighted by Crippen LogP contribution is 2.25. The predicted octanol–water partition coefficient (Wildman–Crippen LogP) is 3.44. The van der Waals surface area contributed by atoms with Gasteiger partial charge in [0.15, 0.2) is 0 Å². The van der Waals surface area contributed by atoms with Crippen LogP contribution in [0.15, 0.2) is 34.9 Å². The number of ether oxygens (including phenoxy) is 1. The van der Waals surface area contributed by atoms with Crippen molar-refractivity contribution in [2.75, 3.05) is 0 Å². The van der Waals surface area contributed by atoms with Crippen molar-refractivity contribution in [3.05, 3.63) is 53.0 Å². The first kappa shape index (κ1) is 12.8. The lowest BCUT2D eigenvalue weighted by Crippen LogP contribution is -2.03. The molecule has 104 valence electrons. The van der Waals surface area contributed by atoms with Gasteiger partial charge in [0.05, 0.1) is 5.56 Å². The van der Waals surface area contributed by atoms with Crippen LogP contribution in [0.1, 0.15) is 40.1 Å². The fourth-order valence-electron chi connectivity index (χ4n) is 2.52. The third kappa shape index (κ3) is 2.69. The SMILES string of the molecule is O=C(O)c1coc(COc2ccc3c(c2)CCCC3)c1. The van der Waals surface area contributed by atoms with Gasteiger partial charge in [-0.25, -0.2) is 4.79 Å². The second-order valence-corrected chi connectivity index (χ2v) is 5.03. The van der Waals surface area contributed by atoms with Crippen molar-refractivity contribution in [1.82, 2.24) is 0 Å². The Hall–Kier alpha value is -2.23. The molecule has 1 N–H and O–H groups in total. The molecule has 1 aromatic carbocycles. The molecule has 0 fully saturated rings. The molecule has 1 aromatic heterocycles. The Morgan fingerprint density at radius 2 is 2.00 bits per heavy atom. The standard InChI is InChI=1S/C16H16O4/c17-16(18)13-8-15(19-9-13)10-20-14-6-5-11-3-1-2-4-12(11)7-14/h5-9H,1-4,10H2,(H,17,18). The molecule has 0 saturated heterocycles. The summed E-state index contributed by atoms with van der Waals surface area (Å²) in [5.74, 6) is 0.327. The number of carboxylic acids is 1. The third-order valence-electron chi connectivity index (χ3n) is 3.60. The van der Waals surface area contributed by atoms with Crippen molar-refractivity contribution in [3.8, 4) is 5.75 Å². The molecule has 1 aliphatic rings. The van der Waals surface area contributed by atoms with E-state index in [1.807, 2.05) is 6.07 Å². The van der Waals surface area contributed by atoms with Gasteiger partial charge in [0.1, 0.15) is 24.4 Å². The minimum Gasteiger partial charge on any atom is -0.486 e. The third-order valence-corrected chi connectivity index (χ3v) is 3.60. The predicted molar refractivity (Wildman–Crippen MR) is 73.1 cm³/mol. The van der Waals surface area contributed by atoms with Gasteiger partial charge in [0, 0.05) is 0 Å². The fraction of sp³-hybridized carbons (Fsp3) is 0.312. The molecule has 0 atom stereocenters. The summed E-state index contributed by atoms with van der Waals surface area (Å²) in [6, 6.07) is 7.65. The first-order valence-electron chi connectivity index (χ1n) is 6.78. The average molecular weight is 272 g/mol. The number of fused-ring (bicyclic) bond motifs is 1. The fourth-order valence-corrected chi connectivity index (χ4v) is 2.52. The van der Waals surface area contributed by atoms with Crippen LogP contribution in [-0.4, -0.2) is 11.1 Å². The smallest absolute Gasteiger partial charge is 0.338 e. The number of hydrogen-bond acceptors (Lipinski definition) is 3. The summed E-state index contributed by atoms with van der Waals surface area (Å²) in [5, 5.41) is 8.81. The molecule has 1 heterocycles. The topological polar surface area (TPSA) is 59.7 Å². The van der Waals surface area contributed by atoms with Gasteiger partial charge in [0.25, 0.3) is 0 Å². The van der Waals surface area contributed by atoms with Gasteiger partial charge in [-0.05, 0) is 55.0 Å². The zero-order valence-electron chi connectivity index (χ0n) is 11.1. The van der Waals surface area contributed by atoms with E-state index in [1.54, 1.807) is 0 Å². The maximum absolute atomic E-state index is 10.7. The van der Waals surface area contributed by atoms with E-state index in [2.05, 4.69) is 12.1 Å². The molecule has 4 nitrogen and oxygen atoms in total. The largest absolute Gasteiger partial charge is 0.486 e. The molecule has 0 aliphatic heterocycles. The van der Waals surface area contributed by atoms with Crippen LogP contribution < -0.4 is 4.74 Å². The van der Waals surface area contributed by atoms with Crippen LogP contribution in [0.4, 0.5) is 0 Å². The summed E-state index contributed by atoms with van der Waals surface area (Å²) in [5.41, 5.74) is 2.92. The number of benzene rings is 1. The quantitative estimate of drug-likeness (QED) is 0.926. The Morgan fingerprint density at radius 1 is 1.20 bits per heavy atom. The monoisotopic (exact) mass is 272 g/mol. The van der Waals surface area contributed by atoms with Gasteiger partial charge in [0.2, 0.25) is 0 Å². The minimum absolute atomic E-state index is 0.147. The first-order valence-corrected chi connectivity index (χ1v) is 6.78. The van der Waals surface area contributed by atoms with Crippen molar-refractivity contribution in [2.45, 2.75) is 32.3 Å². The lowest BCUT2D eigenvalue weighted by molar-refractivity contribution is 0.0696. The van der Waals surface area contributed by atoms with E-state index in [-0.39, 0.29) is 12.2 Å². The maximum Gasteiger partial charge on any atom is 0.338 e.